The molecule has 1 N–H and O–H groups in total. The van der Waals surface area contributed by atoms with Crippen molar-refractivity contribution in [2.24, 2.45) is 0 Å². The van der Waals surface area contributed by atoms with Crippen molar-refractivity contribution in [3.63, 3.8) is 0 Å². The van der Waals surface area contributed by atoms with Gasteiger partial charge in [-0.1, -0.05) is 23.9 Å². The van der Waals surface area contributed by atoms with E-state index in [1.54, 1.807) is 45.0 Å². The van der Waals surface area contributed by atoms with E-state index in [4.69, 9.17) is 0 Å². The van der Waals surface area contributed by atoms with Gasteiger partial charge in [0.1, 0.15) is 0 Å². The summed E-state index contributed by atoms with van der Waals surface area (Å²) in [6.45, 7) is 5.30. The third kappa shape index (κ3) is 2.10. The molecule has 1 heterocycles. The highest BCUT2D eigenvalue weighted by molar-refractivity contribution is 8.02. The molecule has 0 aromatic heterocycles. The fourth-order valence-electron chi connectivity index (χ4n) is 1.84. The molecule has 0 bridgehead atoms. The Morgan fingerprint density at radius 2 is 1.88 bits per heavy atom. The Morgan fingerprint density at radius 1 is 1.29 bits per heavy atom. The Morgan fingerprint density at radius 3 is 2.47 bits per heavy atom. The maximum absolute atomic E-state index is 12.4. The molecule has 2 rings (SSSR count). The van der Waals surface area contributed by atoms with Crippen LogP contribution in [-0.2, 0) is 10.0 Å². The minimum absolute atomic E-state index is 0.269. The molecular weight excluding hydrogens is 258 g/mol. The van der Waals surface area contributed by atoms with Gasteiger partial charge in [-0.25, -0.2) is 8.42 Å². The van der Waals surface area contributed by atoms with Gasteiger partial charge >= 0.3 is 0 Å². The monoisotopic (exact) mass is 273 g/mol. The van der Waals surface area contributed by atoms with Gasteiger partial charge in [0.25, 0.3) is 0 Å². The lowest BCUT2D eigenvalue weighted by Crippen LogP contribution is -2.52. The molecule has 1 aromatic rings. The topological polar surface area (TPSA) is 57.6 Å². The van der Waals surface area contributed by atoms with Crippen molar-refractivity contribution in [1.82, 2.24) is 4.31 Å². The van der Waals surface area contributed by atoms with Crippen LogP contribution >= 0.6 is 11.8 Å². The summed E-state index contributed by atoms with van der Waals surface area (Å²) >= 11 is 1.15. The molecule has 1 aliphatic rings. The number of aliphatic hydroxyl groups excluding tert-OH is 1. The van der Waals surface area contributed by atoms with Crippen LogP contribution in [0.3, 0.4) is 0 Å². The molecule has 0 radical (unpaired) electrons. The summed E-state index contributed by atoms with van der Waals surface area (Å²) in [6.07, 6.45) is 0. The number of sulfonamides is 1. The third-order valence-electron chi connectivity index (χ3n) is 2.48. The lowest BCUT2D eigenvalue weighted by atomic mass is 10.1. The summed E-state index contributed by atoms with van der Waals surface area (Å²) in [6, 6.07) is 6.74. The summed E-state index contributed by atoms with van der Waals surface area (Å²) in [5.41, 5.74) is -1.73. The summed E-state index contributed by atoms with van der Waals surface area (Å²) < 4.78 is 26.0. The lowest BCUT2D eigenvalue weighted by Gasteiger charge is -2.40. The zero-order valence-electron chi connectivity index (χ0n) is 9.91. The Bertz CT molecular complexity index is 534. The second kappa shape index (κ2) is 3.98. The molecule has 1 atom stereocenters. The van der Waals surface area contributed by atoms with Gasteiger partial charge in [-0.2, -0.15) is 4.31 Å². The van der Waals surface area contributed by atoms with Crippen LogP contribution in [0.15, 0.2) is 34.1 Å². The van der Waals surface area contributed by atoms with E-state index in [0.29, 0.717) is 4.90 Å². The molecule has 0 amide bonds. The second-order valence-electron chi connectivity index (χ2n) is 4.86. The quantitative estimate of drug-likeness (QED) is 0.784. The van der Waals surface area contributed by atoms with Gasteiger partial charge in [-0.3, -0.25) is 0 Å². The highest BCUT2D eigenvalue weighted by Gasteiger charge is 2.44. The Hall–Kier alpha value is -0.560. The van der Waals surface area contributed by atoms with Gasteiger partial charge in [-0.05, 0) is 32.9 Å². The molecule has 1 aliphatic heterocycles. The van der Waals surface area contributed by atoms with Crippen LogP contribution in [0.4, 0.5) is 0 Å². The fraction of sp³-hybridized carbons (Fsp3) is 0.455. The molecule has 4 nitrogen and oxygen atoms in total. The van der Waals surface area contributed by atoms with E-state index in [9.17, 15) is 13.5 Å². The van der Waals surface area contributed by atoms with Crippen LogP contribution in [0.1, 0.15) is 20.8 Å². The maximum atomic E-state index is 12.4. The molecule has 1 unspecified atom stereocenters. The second-order valence-corrected chi connectivity index (χ2v) is 7.74. The SMILES string of the molecule is CC(C)(C)N1C(O)Sc2ccccc2S1(=O)=O. The van der Waals surface area contributed by atoms with Crippen molar-refractivity contribution in [3.05, 3.63) is 24.3 Å². The average molecular weight is 273 g/mol. The molecule has 0 saturated heterocycles. The zero-order chi connectivity index (χ0) is 12.8. The van der Waals surface area contributed by atoms with E-state index in [1.807, 2.05) is 0 Å². The molecule has 94 valence electrons. The number of thioether (sulfide) groups is 1. The lowest BCUT2D eigenvalue weighted by molar-refractivity contribution is 0.0812. The summed E-state index contributed by atoms with van der Waals surface area (Å²) in [5, 5.41) is 10.00. The summed E-state index contributed by atoms with van der Waals surface area (Å²) in [5.74, 6) is 0. The van der Waals surface area contributed by atoms with Crippen molar-refractivity contribution in [2.45, 2.75) is 41.7 Å². The molecule has 6 heteroatoms. The van der Waals surface area contributed by atoms with Crippen LogP contribution < -0.4 is 0 Å². The van der Waals surface area contributed by atoms with Gasteiger partial charge in [0.05, 0.1) is 4.90 Å². The van der Waals surface area contributed by atoms with E-state index in [0.717, 1.165) is 16.1 Å². The van der Waals surface area contributed by atoms with Crippen molar-refractivity contribution < 1.29 is 13.5 Å². The van der Waals surface area contributed by atoms with E-state index in [2.05, 4.69) is 0 Å². The number of aliphatic hydroxyl groups is 1. The first-order chi connectivity index (χ1) is 7.74. The summed E-state index contributed by atoms with van der Waals surface area (Å²) in [4.78, 5) is 0.866. The average Bonchev–Trinajstić information content (AvgIpc) is 2.14. The normalized spacial score (nSPS) is 24.4. The largest absolute Gasteiger partial charge is 0.368 e. The van der Waals surface area contributed by atoms with Crippen LogP contribution in [0.5, 0.6) is 0 Å². The van der Waals surface area contributed by atoms with Crippen molar-refractivity contribution in [1.29, 1.82) is 0 Å². The van der Waals surface area contributed by atoms with Gasteiger partial charge in [-0.15, -0.1) is 0 Å². The van der Waals surface area contributed by atoms with Crippen molar-refractivity contribution in [2.75, 3.05) is 0 Å². The molecule has 0 aliphatic carbocycles. The van der Waals surface area contributed by atoms with Gasteiger partial charge < -0.3 is 5.11 Å². The van der Waals surface area contributed by atoms with E-state index in [1.165, 1.54) is 0 Å². The molecule has 0 saturated carbocycles. The third-order valence-corrected chi connectivity index (χ3v) is 5.95. The van der Waals surface area contributed by atoms with Crippen molar-refractivity contribution in [3.8, 4) is 0 Å². The van der Waals surface area contributed by atoms with Gasteiger partial charge in [0.2, 0.25) is 10.0 Å². The predicted octanol–water partition coefficient (Wildman–Crippen LogP) is 1.86. The smallest absolute Gasteiger partial charge is 0.247 e. The molecule has 0 fully saturated rings. The first kappa shape index (κ1) is 12.9. The molecule has 17 heavy (non-hydrogen) atoms. The van der Waals surface area contributed by atoms with Gasteiger partial charge in [0.15, 0.2) is 5.56 Å². The number of rotatable bonds is 0. The highest BCUT2D eigenvalue weighted by Crippen LogP contribution is 2.42. The number of nitrogens with zero attached hydrogens (tertiary/aromatic N) is 1. The highest BCUT2D eigenvalue weighted by atomic mass is 32.2. The predicted molar refractivity (Wildman–Crippen MR) is 67.1 cm³/mol. The Kier molecular flexibility index (Phi) is 3.02. The first-order valence-corrected chi connectivity index (χ1v) is 7.55. The van der Waals surface area contributed by atoms with Crippen LogP contribution in [0.25, 0.3) is 0 Å². The number of hydrogen-bond acceptors (Lipinski definition) is 4. The standard InChI is InChI=1S/C11H15NO3S2/c1-11(2,3)12-10(13)16-8-6-4-5-7-9(8)17(12,14)15/h4-7,10,13H,1-3H3. The molecular formula is C11H15NO3S2. The van der Waals surface area contributed by atoms with Crippen molar-refractivity contribution >= 4 is 21.8 Å². The van der Waals surface area contributed by atoms with Crippen LogP contribution in [0.2, 0.25) is 0 Å². The van der Waals surface area contributed by atoms with Crippen LogP contribution in [-0.4, -0.2) is 28.9 Å². The zero-order valence-corrected chi connectivity index (χ0v) is 11.5. The van der Waals surface area contributed by atoms with Crippen LogP contribution in [0, 0.1) is 0 Å². The van der Waals surface area contributed by atoms with E-state index < -0.39 is 21.1 Å². The molecule has 1 aromatic carbocycles. The number of hydrogen-bond donors (Lipinski definition) is 1. The first-order valence-electron chi connectivity index (χ1n) is 5.23. The Labute approximate surface area is 106 Å². The van der Waals surface area contributed by atoms with E-state index in [-0.39, 0.29) is 4.90 Å². The summed E-state index contributed by atoms with van der Waals surface area (Å²) in [7, 11) is -3.63. The fourth-order valence-corrected chi connectivity index (χ4v) is 5.49. The molecule has 0 spiro atoms. The van der Waals surface area contributed by atoms with E-state index >= 15 is 0 Å². The number of fused-ring (bicyclic) bond motifs is 1. The maximum Gasteiger partial charge on any atom is 0.247 e. The minimum Gasteiger partial charge on any atom is -0.368 e. The van der Waals surface area contributed by atoms with Gasteiger partial charge in [0, 0.05) is 10.4 Å². The number of benzene rings is 1. The Balaban J connectivity index is 2.64. The minimum atomic E-state index is -3.63.